The molecule has 0 radical (unpaired) electrons. The second-order valence-electron chi connectivity index (χ2n) is 6.62. The Morgan fingerprint density at radius 2 is 1.92 bits per heavy atom. The summed E-state index contributed by atoms with van der Waals surface area (Å²) in [6.07, 6.45) is 4.33. The summed E-state index contributed by atoms with van der Waals surface area (Å²) >= 11 is 7.05. The van der Waals surface area contributed by atoms with Crippen molar-refractivity contribution in [3.05, 3.63) is 56.4 Å². The van der Waals surface area contributed by atoms with Gasteiger partial charge in [-0.25, -0.2) is 9.66 Å². The average Bonchev–Trinajstić information content (AvgIpc) is 2.98. The highest BCUT2D eigenvalue weighted by molar-refractivity contribution is 7.80. The van der Waals surface area contributed by atoms with E-state index in [2.05, 4.69) is 15.7 Å². The molecule has 0 saturated carbocycles. The van der Waals surface area contributed by atoms with E-state index >= 15 is 0 Å². The first-order valence-electron chi connectivity index (χ1n) is 8.71. The molecule has 26 heavy (non-hydrogen) atoms. The second kappa shape index (κ2) is 6.81. The summed E-state index contributed by atoms with van der Waals surface area (Å²) < 4.78 is 1.45. The van der Waals surface area contributed by atoms with Crippen LogP contribution < -0.4 is 16.3 Å². The summed E-state index contributed by atoms with van der Waals surface area (Å²) in [5.41, 5.74) is 6.16. The lowest BCUT2D eigenvalue weighted by atomic mass is 9.97. The summed E-state index contributed by atoms with van der Waals surface area (Å²) in [7, 11) is 0. The van der Waals surface area contributed by atoms with Crippen molar-refractivity contribution < 1.29 is 0 Å². The van der Waals surface area contributed by atoms with E-state index in [1.807, 2.05) is 38.1 Å². The maximum absolute atomic E-state index is 13.1. The highest BCUT2D eigenvalue weighted by Gasteiger charge is 2.21. The molecular formula is C19H20N4OS2. The number of aromatic nitrogens is 2. The zero-order valence-electron chi connectivity index (χ0n) is 14.8. The van der Waals surface area contributed by atoms with Gasteiger partial charge in [-0.15, -0.1) is 11.3 Å². The van der Waals surface area contributed by atoms with E-state index in [1.165, 1.54) is 27.1 Å². The number of thiocarbonyl (C=S) groups is 1. The fourth-order valence-corrected chi connectivity index (χ4v) is 4.84. The lowest BCUT2D eigenvalue weighted by Crippen LogP contribution is -2.37. The molecule has 0 unspecified atom stereocenters. The quantitative estimate of drug-likeness (QED) is 0.657. The summed E-state index contributed by atoms with van der Waals surface area (Å²) in [6, 6.07) is 7.92. The van der Waals surface area contributed by atoms with E-state index in [-0.39, 0.29) is 5.56 Å². The third-order valence-electron chi connectivity index (χ3n) is 4.68. The van der Waals surface area contributed by atoms with Crippen molar-refractivity contribution in [2.75, 3.05) is 10.7 Å². The van der Waals surface area contributed by atoms with Crippen molar-refractivity contribution in [2.45, 2.75) is 39.5 Å². The molecule has 1 aromatic carbocycles. The van der Waals surface area contributed by atoms with Crippen molar-refractivity contribution in [1.82, 2.24) is 9.66 Å². The lowest BCUT2D eigenvalue weighted by molar-refractivity contribution is 0.699. The largest absolute Gasteiger partial charge is 0.331 e. The average molecular weight is 385 g/mol. The standard InChI is InChI=1S/C19H20N4OS2/c1-11-7-9-13(10-8-11)21-19(25)22-23-12(2)20-17-16(18(23)24)14-5-3-4-6-15(14)26-17/h7-10H,3-6H2,1-2H3,(H2,21,22,25). The van der Waals surface area contributed by atoms with Crippen LogP contribution in [-0.4, -0.2) is 14.8 Å². The highest BCUT2D eigenvalue weighted by Crippen LogP contribution is 2.33. The number of thiophene rings is 1. The summed E-state index contributed by atoms with van der Waals surface area (Å²) in [6.45, 7) is 3.85. The van der Waals surface area contributed by atoms with Crippen LogP contribution in [0, 0.1) is 13.8 Å². The predicted molar refractivity (Wildman–Crippen MR) is 112 cm³/mol. The first-order valence-corrected chi connectivity index (χ1v) is 9.94. The molecule has 0 aliphatic heterocycles. The lowest BCUT2D eigenvalue weighted by Gasteiger charge is -2.15. The Balaban J connectivity index is 1.66. The van der Waals surface area contributed by atoms with Crippen LogP contribution in [-0.2, 0) is 12.8 Å². The molecule has 134 valence electrons. The number of hydrogen-bond donors (Lipinski definition) is 2. The minimum absolute atomic E-state index is 0.0695. The van der Waals surface area contributed by atoms with Crippen LogP contribution in [0.15, 0.2) is 29.1 Å². The van der Waals surface area contributed by atoms with Crippen LogP contribution in [0.5, 0.6) is 0 Å². The normalized spacial score (nSPS) is 13.5. The Morgan fingerprint density at radius 3 is 2.69 bits per heavy atom. The molecule has 0 saturated heterocycles. The smallest absolute Gasteiger partial charge is 0.281 e. The van der Waals surface area contributed by atoms with E-state index in [9.17, 15) is 4.79 Å². The molecule has 1 aliphatic carbocycles. The molecule has 0 bridgehead atoms. The fourth-order valence-electron chi connectivity index (χ4n) is 3.34. The molecule has 0 amide bonds. The molecule has 5 nitrogen and oxygen atoms in total. The third kappa shape index (κ3) is 3.12. The number of rotatable bonds is 2. The zero-order valence-corrected chi connectivity index (χ0v) is 16.4. The van der Waals surface area contributed by atoms with E-state index in [1.54, 1.807) is 11.3 Å². The second-order valence-corrected chi connectivity index (χ2v) is 8.11. The maximum Gasteiger partial charge on any atom is 0.281 e. The summed E-state index contributed by atoms with van der Waals surface area (Å²) in [5.74, 6) is 0.606. The topological polar surface area (TPSA) is 58.9 Å². The van der Waals surface area contributed by atoms with Gasteiger partial charge in [-0.05, 0) is 69.4 Å². The van der Waals surface area contributed by atoms with Crippen molar-refractivity contribution in [3.8, 4) is 0 Å². The van der Waals surface area contributed by atoms with Crippen molar-refractivity contribution >= 4 is 44.6 Å². The van der Waals surface area contributed by atoms with Crippen LogP contribution in [0.25, 0.3) is 10.2 Å². The highest BCUT2D eigenvalue weighted by atomic mass is 32.1. The Hall–Kier alpha value is -2.25. The number of anilines is 1. The van der Waals surface area contributed by atoms with Gasteiger partial charge in [0.25, 0.3) is 5.56 Å². The minimum Gasteiger partial charge on any atom is -0.331 e. The van der Waals surface area contributed by atoms with Gasteiger partial charge in [-0.1, -0.05) is 17.7 Å². The van der Waals surface area contributed by atoms with E-state index in [0.717, 1.165) is 35.2 Å². The van der Waals surface area contributed by atoms with E-state index < -0.39 is 0 Å². The SMILES string of the molecule is Cc1ccc(NC(=S)Nn2c(C)nc3sc4c(c3c2=O)CCCC4)cc1. The van der Waals surface area contributed by atoms with Gasteiger partial charge >= 0.3 is 0 Å². The number of nitrogens with one attached hydrogen (secondary N) is 2. The molecule has 7 heteroatoms. The molecule has 2 N–H and O–H groups in total. The first-order chi connectivity index (χ1) is 12.5. The van der Waals surface area contributed by atoms with E-state index in [0.29, 0.717) is 10.9 Å². The molecule has 4 rings (SSSR count). The molecule has 3 aromatic rings. The molecule has 2 heterocycles. The summed E-state index contributed by atoms with van der Waals surface area (Å²) in [4.78, 5) is 19.9. The van der Waals surface area contributed by atoms with Crippen LogP contribution in [0.2, 0.25) is 0 Å². The number of benzene rings is 1. The van der Waals surface area contributed by atoms with Gasteiger partial charge in [-0.3, -0.25) is 10.2 Å². The van der Waals surface area contributed by atoms with Gasteiger partial charge in [-0.2, -0.15) is 0 Å². The van der Waals surface area contributed by atoms with Crippen LogP contribution >= 0.6 is 23.6 Å². The minimum atomic E-state index is -0.0695. The Bertz CT molecular complexity index is 1050. The third-order valence-corrected chi connectivity index (χ3v) is 6.06. The molecule has 0 fully saturated rings. The Kier molecular flexibility index (Phi) is 4.50. The van der Waals surface area contributed by atoms with Gasteiger partial charge in [0.05, 0.1) is 5.39 Å². The van der Waals surface area contributed by atoms with Crippen LogP contribution in [0.3, 0.4) is 0 Å². The molecule has 0 atom stereocenters. The number of nitrogens with zero attached hydrogens (tertiary/aromatic N) is 2. The molecule has 0 spiro atoms. The van der Waals surface area contributed by atoms with Gasteiger partial charge < -0.3 is 5.32 Å². The predicted octanol–water partition coefficient (Wildman–Crippen LogP) is 3.89. The van der Waals surface area contributed by atoms with Crippen LogP contribution in [0.4, 0.5) is 5.69 Å². The van der Waals surface area contributed by atoms with Crippen molar-refractivity contribution in [1.29, 1.82) is 0 Å². The monoisotopic (exact) mass is 384 g/mol. The zero-order chi connectivity index (χ0) is 18.3. The Morgan fingerprint density at radius 1 is 1.19 bits per heavy atom. The van der Waals surface area contributed by atoms with Crippen LogP contribution in [0.1, 0.15) is 34.7 Å². The number of fused-ring (bicyclic) bond motifs is 3. The number of hydrogen-bond acceptors (Lipinski definition) is 4. The maximum atomic E-state index is 13.1. The molecule has 2 aromatic heterocycles. The summed E-state index contributed by atoms with van der Waals surface area (Å²) in [5, 5.41) is 4.23. The number of aryl methyl sites for hydroxylation is 4. The van der Waals surface area contributed by atoms with Gasteiger partial charge in [0.15, 0.2) is 5.11 Å². The first kappa shape index (κ1) is 17.2. The fraction of sp³-hybridized carbons (Fsp3) is 0.316. The van der Waals surface area contributed by atoms with E-state index in [4.69, 9.17) is 12.2 Å². The molecular weight excluding hydrogens is 364 g/mol. The van der Waals surface area contributed by atoms with Gasteiger partial charge in [0, 0.05) is 10.6 Å². The Labute approximate surface area is 161 Å². The molecule has 1 aliphatic rings. The van der Waals surface area contributed by atoms with Crippen molar-refractivity contribution in [3.63, 3.8) is 0 Å². The van der Waals surface area contributed by atoms with Crippen molar-refractivity contribution in [2.24, 2.45) is 0 Å². The van der Waals surface area contributed by atoms with Gasteiger partial charge in [0.2, 0.25) is 0 Å². The van der Waals surface area contributed by atoms with Gasteiger partial charge in [0.1, 0.15) is 10.7 Å².